The Hall–Kier alpha value is -6.14. The van der Waals surface area contributed by atoms with Crippen molar-refractivity contribution >= 4 is 43.6 Å². The number of hydrogen-bond acceptors (Lipinski definition) is 4. The summed E-state index contributed by atoms with van der Waals surface area (Å²) in [5, 5.41) is 4.66. The molecule has 44 heavy (non-hydrogen) atoms. The minimum absolute atomic E-state index is 0.814. The van der Waals surface area contributed by atoms with E-state index in [1.807, 2.05) is 55.1 Å². The average molecular weight is 565 g/mol. The number of pyridine rings is 4. The van der Waals surface area contributed by atoms with E-state index in [2.05, 4.69) is 110 Å². The minimum atomic E-state index is 0.814. The van der Waals surface area contributed by atoms with Gasteiger partial charge in [0.05, 0.1) is 45.3 Å². The highest BCUT2D eigenvalue weighted by Gasteiger charge is 2.15. The second-order valence-electron chi connectivity index (χ2n) is 10.8. The average Bonchev–Trinajstić information content (AvgIpc) is 3.62. The first-order valence-corrected chi connectivity index (χ1v) is 14.6. The monoisotopic (exact) mass is 564 g/mol. The largest absolute Gasteiger partial charge is 0.308 e. The topological polar surface area (TPSA) is 61.4 Å². The molecule has 206 valence electrons. The van der Waals surface area contributed by atoms with E-state index < -0.39 is 0 Å². The second kappa shape index (κ2) is 9.71. The molecule has 0 bridgehead atoms. The van der Waals surface area contributed by atoms with Crippen LogP contribution in [0, 0.1) is 0 Å². The molecule has 0 fully saturated rings. The lowest BCUT2D eigenvalue weighted by Crippen LogP contribution is -1.99. The number of rotatable bonds is 4. The molecule has 0 N–H and O–H groups in total. The zero-order valence-corrected chi connectivity index (χ0v) is 23.5. The fraction of sp³-hybridized carbons (Fsp3) is 0. The van der Waals surface area contributed by atoms with Crippen molar-refractivity contribution in [1.82, 2.24) is 29.1 Å². The van der Waals surface area contributed by atoms with Gasteiger partial charge in [-0.25, -0.2) is 9.97 Å². The molecule has 0 atom stereocenters. The lowest BCUT2D eigenvalue weighted by atomic mass is 10.1. The van der Waals surface area contributed by atoms with Crippen molar-refractivity contribution in [3.8, 4) is 34.2 Å². The van der Waals surface area contributed by atoms with Gasteiger partial charge in [-0.3, -0.25) is 14.5 Å². The molecule has 9 rings (SSSR count). The zero-order valence-electron chi connectivity index (χ0n) is 23.5. The molecule has 6 heteroatoms. The summed E-state index contributed by atoms with van der Waals surface area (Å²) in [6, 6.07) is 41.8. The lowest BCUT2D eigenvalue weighted by molar-refractivity contribution is 1.08. The summed E-state index contributed by atoms with van der Waals surface area (Å²) < 4.78 is 4.47. The lowest BCUT2D eigenvalue weighted by Gasteiger charge is -2.11. The van der Waals surface area contributed by atoms with Crippen molar-refractivity contribution < 1.29 is 0 Å². The fourth-order valence-corrected chi connectivity index (χ4v) is 6.39. The van der Waals surface area contributed by atoms with E-state index in [1.165, 1.54) is 10.8 Å². The third-order valence-electron chi connectivity index (χ3n) is 8.33. The highest BCUT2D eigenvalue weighted by molar-refractivity contribution is 6.09. The third-order valence-corrected chi connectivity index (χ3v) is 8.33. The molecule has 0 aliphatic rings. The summed E-state index contributed by atoms with van der Waals surface area (Å²) in [6.45, 7) is 0. The molecule has 0 aliphatic heterocycles. The summed E-state index contributed by atoms with van der Waals surface area (Å²) in [5.41, 5.74) is 9.01. The molecule has 0 saturated carbocycles. The van der Waals surface area contributed by atoms with E-state index in [4.69, 9.17) is 9.97 Å². The number of para-hydroxylation sites is 2. The number of benzene rings is 3. The molecule has 0 aliphatic carbocycles. The smallest absolute Gasteiger partial charge is 0.138 e. The van der Waals surface area contributed by atoms with Crippen molar-refractivity contribution in [2.45, 2.75) is 0 Å². The van der Waals surface area contributed by atoms with Crippen LogP contribution in [0.15, 0.2) is 146 Å². The first kappa shape index (κ1) is 24.5. The maximum absolute atomic E-state index is 5.12. The predicted octanol–water partition coefficient (Wildman–Crippen LogP) is 8.79. The van der Waals surface area contributed by atoms with Crippen LogP contribution in [0.1, 0.15) is 0 Å². The van der Waals surface area contributed by atoms with Gasteiger partial charge in [0.25, 0.3) is 0 Å². The molecule has 3 aromatic carbocycles. The summed E-state index contributed by atoms with van der Waals surface area (Å²) in [6.07, 6.45) is 7.54. The number of nitrogens with zero attached hydrogens (tertiary/aromatic N) is 6. The highest BCUT2D eigenvalue weighted by atomic mass is 15.1. The van der Waals surface area contributed by atoms with Crippen LogP contribution in [0.25, 0.3) is 77.8 Å². The van der Waals surface area contributed by atoms with Crippen LogP contribution in [-0.2, 0) is 0 Å². The summed E-state index contributed by atoms with van der Waals surface area (Å²) in [5.74, 6) is 0.842. The Labute approximate surface area is 252 Å². The quantitative estimate of drug-likeness (QED) is 0.214. The molecule has 0 unspecified atom stereocenters. The third kappa shape index (κ3) is 3.75. The minimum Gasteiger partial charge on any atom is -0.308 e. The van der Waals surface area contributed by atoms with Gasteiger partial charge in [0, 0.05) is 51.4 Å². The van der Waals surface area contributed by atoms with Crippen molar-refractivity contribution in [2.75, 3.05) is 0 Å². The summed E-state index contributed by atoms with van der Waals surface area (Å²) >= 11 is 0. The van der Waals surface area contributed by atoms with Gasteiger partial charge in [-0.2, -0.15) is 0 Å². The first-order valence-electron chi connectivity index (χ1n) is 14.6. The Morgan fingerprint density at radius 1 is 0.409 bits per heavy atom. The van der Waals surface area contributed by atoms with E-state index in [0.29, 0.717) is 0 Å². The molecule has 0 radical (unpaired) electrons. The van der Waals surface area contributed by atoms with Crippen LogP contribution in [-0.4, -0.2) is 29.1 Å². The van der Waals surface area contributed by atoms with Crippen LogP contribution in [0.4, 0.5) is 0 Å². The van der Waals surface area contributed by atoms with Crippen molar-refractivity contribution in [1.29, 1.82) is 0 Å². The van der Waals surface area contributed by atoms with Crippen LogP contribution < -0.4 is 0 Å². The maximum atomic E-state index is 5.12. The normalized spacial score (nSPS) is 11.6. The summed E-state index contributed by atoms with van der Waals surface area (Å²) in [4.78, 5) is 19.0. The van der Waals surface area contributed by atoms with Crippen LogP contribution in [0.2, 0.25) is 0 Å². The molecule has 0 saturated heterocycles. The number of aromatic nitrogens is 6. The molecule has 6 aromatic heterocycles. The Morgan fingerprint density at radius 2 is 1.05 bits per heavy atom. The second-order valence-corrected chi connectivity index (χ2v) is 10.8. The molecule has 6 heterocycles. The predicted molar refractivity (Wildman–Crippen MR) is 177 cm³/mol. The van der Waals surface area contributed by atoms with Gasteiger partial charge in [-0.05, 0) is 60.7 Å². The first-order chi connectivity index (χ1) is 21.8. The summed E-state index contributed by atoms with van der Waals surface area (Å²) in [7, 11) is 0. The van der Waals surface area contributed by atoms with Crippen LogP contribution in [0.3, 0.4) is 0 Å². The Balaban J connectivity index is 1.15. The van der Waals surface area contributed by atoms with Gasteiger partial charge in [-0.1, -0.05) is 60.7 Å². The molecule has 6 nitrogen and oxygen atoms in total. The zero-order chi connectivity index (χ0) is 29.0. The van der Waals surface area contributed by atoms with Gasteiger partial charge in [0.1, 0.15) is 5.82 Å². The standard InChI is InChI=1S/C38H24N6/c1-3-15-34-27(10-1)29-18-20-40-24-37(29)43(34)26-9-5-8-25(22-26)31-12-6-13-32(41-31)33-14-7-17-38(42-33)44-35-16-4-2-11-28(35)30-23-39-21-19-36(30)44/h1-24H. The maximum Gasteiger partial charge on any atom is 0.138 e. The SMILES string of the molecule is c1cc(-c2cccc(-c3cccc(-n4c5ccccc5c5cnccc54)n3)n2)cc(-n2c3ccccc3c3ccncc32)c1. The Bertz CT molecular complexity index is 2240. The van der Waals surface area contributed by atoms with Crippen molar-refractivity contribution in [3.63, 3.8) is 0 Å². The molecular weight excluding hydrogens is 540 g/mol. The van der Waals surface area contributed by atoms with E-state index in [9.17, 15) is 0 Å². The van der Waals surface area contributed by atoms with E-state index >= 15 is 0 Å². The van der Waals surface area contributed by atoms with Gasteiger partial charge in [0.2, 0.25) is 0 Å². The van der Waals surface area contributed by atoms with E-state index in [1.54, 1.807) is 0 Å². The molecular formula is C38H24N6. The van der Waals surface area contributed by atoms with Gasteiger partial charge >= 0.3 is 0 Å². The Kier molecular flexibility index (Phi) is 5.40. The van der Waals surface area contributed by atoms with E-state index in [0.717, 1.165) is 67.0 Å². The van der Waals surface area contributed by atoms with Gasteiger partial charge < -0.3 is 4.57 Å². The Morgan fingerprint density at radius 3 is 1.93 bits per heavy atom. The van der Waals surface area contributed by atoms with Gasteiger partial charge in [-0.15, -0.1) is 0 Å². The van der Waals surface area contributed by atoms with Crippen LogP contribution in [0.5, 0.6) is 0 Å². The fourth-order valence-electron chi connectivity index (χ4n) is 6.39. The van der Waals surface area contributed by atoms with Gasteiger partial charge in [0.15, 0.2) is 0 Å². The number of fused-ring (bicyclic) bond motifs is 6. The van der Waals surface area contributed by atoms with E-state index in [-0.39, 0.29) is 0 Å². The molecule has 9 aromatic rings. The molecule has 0 spiro atoms. The van der Waals surface area contributed by atoms with Crippen molar-refractivity contribution in [3.05, 3.63) is 146 Å². The van der Waals surface area contributed by atoms with Crippen LogP contribution >= 0.6 is 0 Å². The van der Waals surface area contributed by atoms with Crippen molar-refractivity contribution in [2.24, 2.45) is 0 Å². The number of hydrogen-bond donors (Lipinski definition) is 0. The molecule has 0 amide bonds. The highest BCUT2D eigenvalue weighted by Crippen LogP contribution is 2.34.